The molecule has 98 valence electrons. The highest BCUT2D eigenvalue weighted by Crippen LogP contribution is 2.30. The van der Waals surface area contributed by atoms with Crippen molar-refractivity contribution in [2.24, 2.45) is 0 Å². The van der Waals surface area contributed by atoms with Gasteiger partial charge in [-0.3, -0.25) is 10.1 Å². The zero-order valence-electron chi connectivity index (χ0n) is 9.49. The van der Waals surface area contributed by atoms with Gasteiger partial charge in [0.2, 0.25) is 0 Å². The number of rotatable bonds is 7. The molecule has 0 saturated heterocycles. The summed E-state index contributed by atoms with van der Waals surface area (Å²) in [6.07, 6.45) is 1.78. The van der Waals surface area contributed by atoms with Crippen LogP contribution in [0.4, 0.5) is 15.8 Å². The molecule has 0 atom stereocenters. The van der Waals surface area contributed by atoms with Crippen molar-refractivity contribution < 1.29 is 9.31 Å². The van der Waals surface area contributed by atoms with Crippen molar-refractivity contribution in [3.63, 3.8) is 0 Å². The summed E-state index contributed by atoms with van der Waals surface area (Å²) >= 11 is 7.23. The molecule has 0 saturated carbocycles. The molecule has 0 aromatic heterocycles. The van der Waals surface area contributed by atoms with E-state index in [4.69, 9.17) is 11.6 Å². The number of hydrogen-bond donors (Lipinski definition) is 1. The SMILES string of the molecule is C=CCSCCNc1cc(Cl)c(F)cc1[N+](=O)[O-]. The quantitative estimate of drug-likeness (QED) is 0.360. The Morgan fingerprint density at radius 2 is 2.33 bits per heavy atom. The Labute approximate surface area is 113 Å². The van der Waals surface area contributed by atoms with Crippen molar-refractivity contribution in [2.45, 2.75) is 0 Å². The number of nitrogens with zero attached hydrogens (tertiary/aromatic N) is 1. The van der Waals surface area contributed by atoms with Crippen LogP contribution in [0, 0.1) is 15.9 Å². The van der Waals surface area contributed by atoms with Gasteiger partial charge in [-0.25, -0.2) is 4.39 Å². The summed E-state index contributed by atoms with van der Waals surface area (Å²) in [7, 11) is 0. The molecule has 0 heterocycles. The molecule has 4 nitrogen and oxygen atoms in total. The van der Waals surface area contributed by atoms with E-state index >= 15 is 0 Å². The number of nitrogens with one attached hydrogen (secondary N) is 1. The van der Waals surface area contributed by atoms with Crippen molar-refractivity contribution in [3.05, 3.63) is 45.7 Å². The molecule has 1 aromatic rings. The lowest BCUT2D eigenvalue weighted by Crippen LogP contribution is -2.07. The summed E-state index contributed by atoms with van der Waals surface area (Å²) in [5, 5.41) is 13.5. The van der Waals surface area contributed by atoms with Gasteiger partial charge in [-0.1, -0.05) is 17.7 Å². The van der Waals surface area contributed by atoms with E-state index in [0.717, 1.165) is 17.6 Å². The van der Waals surface area contributed by atoms with Crippen LogP contribution >= 0.6 is 23.4 Å². The van der Waals surface area contributed by atoms with E-state index in [2.05, 4.69) is 11.9 Å². The van der Waals surface area contributed by atoms with E-state index < -0.39 is 10.7 Å². The fraction of sp³-hybridized carbons (Fsp3) is 0.273. The van der Waals surface area contributed by atoms with Gasteiger partial charge < -0.3 is 5.32 Å². The first-order chi connectivity index (χ1) is 8.56. The lowest BCUT2D eigenvalue weighted by molar-refractivity contribution is -0.384. The first-order valence-electron chi connectivity index (χ1n) is 5.12. The Balaban J connectivity index is 2.71. The van der Waals surface area contributed by atoms with Crippen molar-refractivity contribution in [1.82, 2.24) is 0 Å². The lowest BCUT2D eigenvalue weighted by Gasteiger charge is -2.07. The van der Waals surface area contributed by atoms with E-state index in [9.17, 15) is 14.5 Å². The summed E-state index contributed by atoms with van der Waals surface area (Å²) in [6.45, 7) is 4.11. The summed E-state index contributed by atoms with van der Waals surface area (Å²) < 4.78 is 13.1. The maximum atomic E-state index is 13.1. The molecule has 1 rings (SSSR count). The lowest BCUT2D eigenvalue weighted by atomic mass is 10.2. The van der Waals surface area contributed by atoms with Gasteiger partial charge in [-0.05, 0) is 6.07 Å². The third kappa shape index (κ3) is 4.19. The maximum Gasteiger partial charge on any atom is 0.295 e. The van der Waals surface area contributed by atoms with E-state index in [1.165, 1.54) is 6.07 Å². The smallest absolute Gasteiger partial charge is 0.295 e. The number of hydrogen-bond acceptors (Lipinski definition) is 4. The number of halogens is 2. The van der Waals surface area contributed by atoms with Crippen molar-refractivity contribution in [2.75, 3.05) is 23.4 Å². The van der Waals surface area contributed by atoms with Crippen LogP contribution in [0.5, 0.6) is 0 Å². The van der Waals surface area contributed by atoms with Gasteiger partial charge in [0.25, 0.3) is 5.69 Å². The molecule has 0 amide bonds. The van der Waals surface area contributed by atoms with E-state index in [1.54, 1.807) is 17.8 Å². The fourth-order valence-electron chi connectivity index (χ4n) is 1.25. The number of nitro groups is 1. The molecule has 7 heteroatoms. The molecule has 0 aliphatic rings. The molecular weight excluding hydrogens is 279 g/mol. The number of nitro benzene ring substituents is 1. The first-order valence-corrected chi connectivity index (χ1v) is 6.65. The van der Waals surface area contributed by atoms with Gasteiger partial charge in [-0.2, -0.15) is 11.8 Å². The van der Waals surface area contributed by atoms with Gasteiger partial charge in [-0.15, -0.1) is 6.58 Å². The molecule has 0 spiro atoms. The Hall–Kier alpha value is -1.27. The minimum Gasteiger partial charge on any atom is -0.379 e. The van der Waals surface area contributed by atoms with E-state index in [-0.39, 0.29) is 16.4 Å². The molecule has 1 aromatic carbocycles. The van der Waals surface area contributed by atoms with Crippen LogP contribution in [0.2, 0.25) is 5.02 Å². The summed E-state index contributed by atoms with van der Waals surface area (Å²) in [6, 6.07) is 2.05. The Kier molecular flexibility index (Phi) is 5.94. The molecule has 0 bridgehead atoms. The first kappa shape index (κ1) is 14.8. The molecule has 0 fully saturated rings. The monoisotopic (exact) mass is 290 g/mol. The Morgan fingerprint density at radius 1 is 1.61 bits per heavy atom. The van der Waals surface area contributed by atoms with E-state index in [0.29, 0.717) is 6.54 Å². The van der Waals surface area contributed by atoms with Crippen molar-refractivity contribution in [3.8, 4) is 0 Å². The average molecular weight is 291 g/mol. The van der Waals surface area contributed by atoms with Crippen LogP contribution in [-0.4, -0.2) is 23.0 Å². The third-order valence-electron chi connectivity index (χ3n) is 2.03. The van der Waals surface area contributed by atoms with Crippen LogP contribution in [0.15, 0.2) is 24.8 Å². The average Bonchev–Trinajstić information content (AvgIpc) is 2.32. The largest absolute Gasteiger partial charge is 0.379 e. The minimum absolute atomic E-state index is 0.137. The summed E-state index contributed by atoms with van der Waals surface area (Å²) in [4.78, 5) is 10.1. The third-order valence-corrected chi connectivity index (χ3v) is 3.29. The second kappa shape index (κ2) is 7.23. The Morgan fingerprint density at radius 3 is 2.94 bits per heavy atom. The van der Waals surface area contributed by atoms with E-state index in [1.807, 2.05) is 0 Å². The zero-order valence-corrected chi connectivity index (χ0v) is 11.1. The molecule has 0 aliphatic heterocycles. The number of benzene rings is 1. The normalized spacial score (nSPS) is 10.1. The topological polar surface area (TPSA) is 55.2 Å². The second-order valence-electron chi connectivity index (χ2n) is 3.33. The van der Waals surface area contributed by atoms with Crippen LogP contribution in [-0.2, 0) is 0 Å². The molecule has 1 N–H and O–H groups in total. The summed E-state index contributed by atoms with van der Waals surface area (Å²) in [5.74, 6) is 0.779. The number of anilines is 1. The highest BCUT2D eigenvalue weighted by Gasteiger charge is 2.17. The Bertz CT molecular complexity index is 457. The van der Waals surface area contributed by atoms with Crippen LogP contribution in [0.1, 0.15) is 0 Å². The predicted octanol–water partition coefficient (Wildman–Crippen LogP) is 3.72. The van der Waals surface area contributed by atoms with Gasteiger partial charge in [0.1, 0.15) is 11.5 Å². The molecule has 0 radical (unpaired) electrons. The highest BCUT2D eigenvalue weighted by atomic mass is 35.5. The number of thioether (sulfide) groups is 1. The molecular formula is C11H12ClFN2O2S. The van der Waals surface area contributed by atoms with Crippen molar-refractivity contribution >= 4 is 34.7 Å². The summed E-state index contributed by atoms with van der Waals surface area (Å²) in [5.41, 5.74) is -0.0868. The highest BCUT2D eigenvalue weighted by molar-refractivity contribution is 7.99. The van der Waals surface area contributed by atoms with Crippen LogP contribution in [0.3, 0.4) is 0 Å². The van der Waals surface area contributed by atoms with Gasteiger partial charge in [0.15, 0.2) is 0 Å². The molecule has 0 unspecified atom stereocenters. The minimum atomic E-state index is -0.796. The molecule has 0 aliphatic carbocycles. The van der Waals surface area contributed by atoms with Gasteiger partial charge in [0.05, 0.1) is 16.0 Å². The standard InChI is InChI=1S/C11H12ClFN2O2S/c1-2-4-18-5-3-14-10-6-8(12)9(13)7-11(10)15(16)17/h2,6-7,14H,1,3-5H2. The second-order valence-corrected chi connectivity index (χ2v) is 4.89. The van der Waals surface area contributed by atoms with Gasteiger partial charge in [0, 0.05) is 18.1 Å². The van der Waals surface area contributed by atoms with Crippen molar-refractivity contribution in [1.29, 1.82) is 0 Å². The zero-order chi connectivity index (χ0) is 13.5. The van der Waals surface area contributed by atoms with Gasteiger partial charge >= 0.3 is 0 Å². The predicted molar refractivity (Wildman–Crippen MR) is 74.1 cm³/mol. The van der Waals surface area contributed by atoms with Crippen LogP contribution < -0.4 is 5.32 Å². The van der Waals surface area contributed by atoms with Crippen LogP contribution in [0.25, 0.3) is 0 Å². The maximum absolute atomic E-state index is 13.1. The fourth-order valence-corrected chi connectivity index (χ4v) is 2.00. The molecule has 18 heavy (non-hydrogen) atoms.